The average Bonchev–Trinajstić information content (AvgIpc) is 2.74. The molecule has 0 bridgehead atoms. The lowest BCUT2D eigenvalue weighted by Gasteiger charge is -2.28. The summed E-state index contributed by atoms with van der Waals surface area (Å²) in [5.41, 5.74) is -7.15. The van der Waals surface area contributed by atoms with Gasteiger partial charge in [-0.2, -0.15) is 21.6 Å². The maximum absolute atomic E-state index is 12.4. The van der Waals surface area contributed by atoms with E-state index in [1.807, 2.05) is 0 Å². The van der Waals surface area contributed by atoms with Crippen LogP contribution in [0.15, 0.2) is 0 Å². The first-order valence-electron chi connectivity index (χ1n) is 6.43. The number of carbonyl (C=O) groups is 1. The number of alkyl halides is 3. The van der Waals surface area contributed by atoms with Gasteiger partial charge in [0, 0.05) is 5.41 Å². The van der Waals surface area contributed by atoms with Gasteiger partial charge in [-0.3, -0.25) is 8.98 Å². The van der Waals surface area contributed by atoms with Crippen molar-refractivity contribution in [3.8, 4) is 0 Å². The molecule has 0 aromatic heterocycles. The van der Waals surface area contributed by atoms with E-state index in [9.17, 15) is 26.4 Å². The van der Waals surface area contributed by atoms with E-state index in [2.05, 4.69) is 4.18 Å². The minimum Gasteiger partial charge on any atom is -0.298 e. The van der Waals surface area contributed by atoms with Gasteiger partial charge in [0.25, 0.3) is 0 Å². The van der Waals surface area contributed by atoms with Gasteiger partial charge >= 0.3 is 15.6 Å². The zero-order valence-corrected chi connectivity index (χ0v) is 12.1. The smallest absolute Gasteiger partial charge is 0.298 e. The fourth-order valence-corrected chi connectivity index (χ4v) is 4.13. The average molecular weight is 314 g/mol. The van der Waals surface area contributed by atoms with E-state index in [0.717, 1.165) is 6.42 Å². The standard InChI is InChI=1S/C12H17F3O4S/c1-10(2)6-8-4-3-5-11(8,9(10)16)7-19-20(17,18)12(13,14)15/h8H,3-7H2,1-2H3. The Labute approximate surface area is 115 Å². The molecule has 0 aromatic carbocycles. The number of fused-ring (bicyclic) bond motifs is 1. The van der Waals surface area contributed by atoms with E-state index in [-0.39, 0.29) is 11.7 Å². The highest BCUT2D eigenvalue weighted by Gasteiger charge is 2.61. The minimum absolute atomic E-state index is 0.0894. The van der Waals surface area contributed by atoms with E-state index < -0.39 is 33.1 Å². The summed E-state index contributed by atoms with van der Waals surface area (Å²) in [6.45, 7) is 2.79. The van der Waals surface area contributed by atoms with Gasteiger partial charge in [-0.15, -0.1) is 0 Å². The molecule has 0 aromatic rings. The first kappa shape index (κ1) is 15.8. The van der Waals surface area contributed by atoms with Crippen LogP contribution in [0.3, 0.4) is 0 Å². The van der Waals surface area contributed by atoms with Gasteiger partial charge in [-0.25, -0.2) is 0 Å². The molecule has 2 aliphatic carbocycles. The molecule has 2 aliphatic rings. The first-order chi connectivity index (χ1) is 8.92. The highest BCUT2D eigenvalue weighted by Crippen LogP contribution is 2.58. The van der Waals surface area contributed by atoms with Crippen molar-refractivity contribution in [2.45, 2.75) is 45.0 Å². The second-order valence-electron chi connectivity index (χ2n) is 6.32. The lowest BCUT2D eigenvalue weighted by atomic mass is 9.78. The summed E-state index contributed by atoms with van der Waals surface area (Å²) >= 11 is 0. The third-order valence-electron chi connectivity index (χ3n) is 4.54. The predicted octanol–water partition coefficient (Wildman–Crippen LogP) is 2.64. The van der Waals surface area contributed by atoms with E-state index in [1.54, 1.807) is 13.8 Å². The molecular formula is C12H17F3O4S. The van der Waals surface area contributed by atoms with Crippen LogP contribution in [0, 0.1) is 16.7 Å². The van der Waals surface area contributed by atoms with E-state index in [0.29, 0.717) is 19.3 Å². The zero-order valence-electron chi connectivity index (χ0n) is 11.3. The van der Waals surface area contributed by atoms with Crippen LogP contribution in [0.25, 0.3) is 0 Å². The summed E-state index contributed by atoms with van der Waals surface area (Å²) in [7, 11) is -5.64. The van der Waals surface area contributed by atoms with Crippen LogP contribution in [0.2, 0.25) is 0 Å². The Kier molecular flexibility index (Phi) is 3.49. The topological polar surface area (TPSA) is 60.4 Å². The van der Waals surface area contributed by atoms with Gasteiger partial charge < -0.3 is 0 Å². The largest absolute Gasteiger partial charge is 0.523 e. The molecule has 8 heteroatoms. The molecule has 0 amide bonds. The Bertz CT molecular complexity index is 523. The molecule has 2 atom stereocenters. The molecule has 0 aliphatic heterocycles. The van der Waals surface area contributed by atoms with Crippen molar-refractivity contribution >= 4 is 15.9 Å². The Morgan fingerprint density at radius 1 is 1.35 bits per heavy atom. The van der Waals surface area contributed by atoms with Gasteiger partial charge in [0.2, 0.25) is 0 Å². The van der Waals surface area contributed by atoms with E-state index in [4.69, 9.17) is 0 Å². The van der Waals surface area contributed by atoms with Crippen LogP contribution in [0.4, 0.5) is 13.2 Å². The van der Waals surface area contributed by atoms with Crippen LogP contribution in [-0.2, 0) is 19.1 Å². The Balaban J connectivity index is 2.22. The number of hydrogen-bond donors (Lipinski definition) is 0. The monoisotopic (exact) mass is 314 g/mol. The normalized spacial score (nSPS) is 33.5. The van der Waals surface area contributed by atoms with Gasteiger partial charge in [-0.1, -0.05) is 20.3 Å². The highest BCUT2D eigenvalue weighted by molar-refractivity contribution is 7.87. The molecule has 0 saturated heterocycles. The van der Waals surface area contributed by atoms with E-state index >= 15 is 0 Å². The number of hydrogen-bond acceptors (Lipinski definition) is 4. The summed E-state index contributed by atoms with van der Waals surface area (Å²) < 4.78 is 63.1. The number of halogens is 3. The van der Waals surface area contributed by atoms with Crippen molar-refractivity contribution in [1.29, 1.82) is 0 Å². The van der Waals surface area contributed by atoms with Crippen LogP contribution in [0.1, 0.15) is 39.5 Å². The third-order valence-corrected chi connectivity index (χ3v) is 5.53. The fourth-order valence-electron chi connectivity index (χ4n) is 3.63. The van der Waals surface area contributed by atoms with Crippen molar-refractivity contribution < 1.29 is 30.6 Å². The summed E-state index contributed by atoms with van der Waals surface area (Å²) in [6, 6.07) is 0. The molecule has 0 spiro atoms. The summed E-state index contributed by atoms with van der Waals surface area (Å²) in [5.74, 6) is -0.265. The lowest BCUT2D eigenvalue weighted by Crippen LogP contribution is -2.39. The van der Waals surface area contributed by atoms with Gasteiger partial charge in [0.05, 0.1) is 12.0 Å². The fraction of sp³-hybridized carbons (Fsp3) is 0.917. The van der Waals surface area contributed by atoms with Crippen molar-refractivity contribution in [2.75, 3.05) is 6.61 Å². The first-order valence-corrected chi connectivity index (χ1v) is 7.84. The predicted molar refractivity (Wildman–Crippen MR) is 64.1 cm³/mol. The van der Waals surface area contributed by atoms with E-state index in [1.165, 1.54) is 0 Å². The van der Waals surface area contributed by atoms with Gasteiger partial charge in [-0.05, 0) is 25.2 Å². The minimum atomic E-state index is -5.64. The summed E-state index contributed by atoms with van der Waals surface area (Å²) in [5, 5.41) is 0. The third kappa shape index (κ3) is 2.26. The molecule has 0 radical (unpaired) electrons. The molecule has 2 unspecified atom stereocenters. The number of Topliss-reactive ketones (excluding diaryl/α,β-unsaturated/α-hetero) is 1. The summed E-state index contributed by atoms with van der Waals surface area (Å²) in [6.07, 6.45) is 2.40. The Morgan fingerprint density at radius 3 is 2.50 bits per heavy atom. The number of rotatable bonds is 3. The van der Waals surface area contributed by atoms with Crippen LogP contribution in [0.5, 0.6) is 0 Å². The Hall–Kier alpha value is -0.630. The van der Waals surface area contributed by atoms with Crippen molar-refractivity contribution in [2.24, 2.45) is 16.7 Å². The van der Waals surface area contributed by atoms with Crippen molar-refractivity contribution in [3.63, 3.8) is 0 Å². The lowest BCUT2D eigenvalue weighted by molar-refractivity contribution is -0.134. The number of carbonyl (C=O) groups excluding carboxylic acids is 1. The maximum Gasteiger partial charge on any atom is 0.523 e. The zero-order chi connectivity index (χ0) is 15.4. The van der Waals surface area contributed by atoms with Gasteiger partial charge in [0.1, 0.15) is 5.78 Å². The molecule has 116 valence electrons. The maximum atomic E-state index is 12.4. The molecule has 4 nitrogen and oxygen atoms in total. The second kappa shape index (κ2) is 4.43. The molecule has 0 N–H and O–H groups in total. The molecule has 0 heterocycles. The second-order valence-corrected chi connectivity index (χ2v) is 7.93. The van der Waals surface area contributed by atoms with Crippen LogP contribution in [-0.4, -0.2) is 26.3 Å². The molecule has 2 rings (SSSR count). The molecule has 2 saturated carbocycles. The quantitative estimate of drug-likeness (QED) is 0.593. The SMILES string of the molecule is CC1(C)CC2CCCC2(COS(=O)(=O)C(F)(F)F)C1=O. The van der Waals surface area contributed by atoms with Gasteiger partial charge in [0.15, 0.2) is 0 Å². The number of ketones is 1. The van der Waals surface area contributed by atoms with Crippen LogP contribution >= 0.6 is 0 Å². The summed E-state index contributed by atoms with van der Waals surface area (Å²) in [4.78, 5) is 12.4. The van der Waals surface area contributed by atoms with Crippen molar-refractivity contribution in [1.82, 2.24) is 0 Å². The van der Waals surface area contributed by atoms with Crippen LogP contribution < -0.4 is 0 Å². The Morgan fingerprint density at radius 2 is 1.95 bits per heavy atom. The van der Waals surface area contributed by atoms with Crippen molar-refractivity contribution in [3.05, 3.63) is 0 Å². The highest BCUT2D eigenvalue weighted by atomic mass is 32.2. The molecule has 2 fully saturated rings. The molecule has 20 heavy (non-hydrogen) atoms. The molecular weight excluding hydrogens is 297 g/mol.